The van der Waals surface area contributed by atoms with E-state index < -0.39 is 0 Å². The molecule has 1 amide bonds. The van der Waals surface area contributed by atoms with Gasteiger partial charge in [-0.2, -0.15) is 5.10 Å². The number of para-hydroxylation sites is 1. The number of nitrogens with zero attached hydrogens (tertiary/aromatic N) is 4. The molecule has 0 N–H and O–H groups in total. The molecule has 0 unspecified atom stereocenters. The molecule has 158 valence electrons. The summed E-state index contributed by atoms with van der Waals surface area (Å²) in [6, 6.07) is 19.8. The molecular weight excluding hydrogens is 400 g/mol. The molecule has 2 heterocycles. The predicted octanol–water partition coefficient (Wildman–Crippen LogP) is 3.96. The van der Waals surface area contributed by atoms with E-state index in [1.807, 2.05) is 67.3 Å². The van der Waals surface area contributed by atoms with Crippen molar-refractivity contribution in [1.82, 2.24) is 14.7 Å². The zero-order valence-corrected chi connectivity index (χ0v) is 18.1. The third-order valence-electron chi connectivity index (χ3n) is 5.11. The Kier molecular flexibility index (Phi) is 7.00. The summed E-state index contributed by atoms with van der Waals surface area (Å²) in [5.41, 5.74) is 3.48. The van der Waals surface area contributed by atoms with Gasteiger partial charge in [-0.05, 0) is 44.2 Å². The Bertz CT molecular complexity index is 982. The maximum atomic E-state index is 13.2. The lowest BCUT2D eigenvalue weighted by atomic mass is 10.2. The van der Waals surface area contributed by atoms with E-state index in [1.165, 1.54) is 0 Å². The lowest BCUT2D eigenvalue weighted by Gasteiger charge is -2.36. The monoisotopic (exact) mass is 426 g/mol. The van der Waals surface area contributed by atoms with Gasteiger partial charge in [-0.1, -0.05) is 24.3 Å². The molecule has 1 fully saturated rings. The van der Waals surface area contributed by atoms with Crippen molar-refractivity contribution in [3.05, 3.63) is 72.1 Å². The van der Waals surface area contributed by atoms with Gasteiger partial charge in [-0.15, -0.1) is 12.4 Å². The van der Waals surface area contributed by atoms with Gasteiger partial charge in [0, 0.05) is 37.9 Å². The van der Waals surface area contributed by atoms with Crippen LogP contribution in [0.5, 0.6) is 5.75 Å². The average Bonchev–Trinajstić information content (AvgIpc) is 3.16. The van der Waals surface area contributed by atoms with Gasteiger partial charge in [0.15, 0.2) is 0 Å². The molecule has 4 rings (SSSR count). The van der Waals surface area contributed by atoms with E-state index in [9.17, 15) is 4.79 Å². The highest BCUT2D eigenvalue weighted by Crippen LogP contribution is 2.23. The summed E-state index contributed by atoms with van der Waals surface area (Å²) in [4.78, 5) is 17.4. The maximum Gasteiger partial charge on any atom is 0.272 e. The van der Waals surface area contributed by atoms with Crippen molar-refractivity contribution in [2.75, 3.05) is 37.7 Å². The Hall–Kier alpha value is -2.99. The lowest BCUT2D eigenvalue weighted by molar-refractivity contribution is 0.0737. The number of rotatable bonds is 5. The average molecular weight is 427 g/mol. The molecule has 0 radical (unpaired) electrons. The summed E-state index contributed by atoms with van der Waals surface area (Å²) in [5, 5.41) is 4.53. The first-order chi connectivity index (χ1) is 14.2. The minimum absolute atomic E-state index is 0. The first-order valence-electron chi connectivity index (χ1n) is 10.0. The lowest BCUT2D eigenvalue weighted by Crippen LogP contribution is -2.49. The van der Waals surface area contributed by atoms with Crippen LogP contribution in [0.1, 0.15) is 23.1 Å². The van der Waals surface area contributed by atoms with Crippen molar-refractivity contribution in [3.63, 3.8) is 0 Å². The van der Waals surface area contributed by atoms with Gasteiger partial charge in [-0.3, -0.25) is 4.79 Å². The molecule has 0 bridgehead atoms. The number of carbonyl (C=O) groups is 1. The molecule has 30 heavy (non-hydrogen) atoms. The molecule has 6 nitrogen and oxygen atoms in total. The molecule has 2 aromatic carbocycles. The SMILES string of the molecule is CCOc1cccc(N2CCN(C(=O)c3cc(C)nn3-c3ccccc3)CC2)c1.Cl. The van der Waals surface area contributed by atoms with E-state index in [0.29, 0.717) is 25.4 Å². The molecule has 0 spiro atoms. The molecule has 1 aliphatic heterocycles. The summed E-state index contributed by atoms with van der Waals surface area (Å²) in [6.07, 6.45) is 0. The second-order valence-corrected chi connectivity index (χ2v) is 7.13. The number of aryl methyl sites for hydroxylation is 1. The van der Waals surface area contributed by atoms with Crippen LogP contribution in [0.25, 0.3) is 5.69 Å². The minimum atomic E-state index is 0. The topological polar surface area (TPSA) is 50.6 Å². The fraction of sp³-hybridized carbons (Fsp3) is 0.304. The minimum Gasteiger partial charge on any atom is -0.494 e. The second kappa shape index (κ2) is 9.67. The van der Waals surface area contributed by atoms with Crippen molar-refractivity contribution in [3.8, 4) is 11.4 Å². The largest absolute Gasteiger partial charge is 0.494 e. The van der Waals surface area contributed by atoms with Gasteiger partial charge in [0.05, 0.1) is 18.0 Å². The molecule has 1 aliphatic rings. The van der Waals surface area contributed by atoms with Crippen molar-refractivity contribution >= 4 is 24.0 Å². The number of benzene rings is 2. The Labute approximate surface area is 183 Å². The second-order valence-electron chi connectivity index (χ2n) is 7.13. The predicted molar refractivity (Wildman–Crippen MR) is 121 cm³/mol. The Morgan fingerprint density at radius 1 is 0.967 bits per heavy atom. The van der Waals surface area contributed by atoms with Crippen molar-refractivity contribution < 1.29 is 9.53 Å². The van der Waals surface area contributed by atoms with E-state index in [0.717, 1.165) is 35.9 Å². The number of hydrogen-bond donors (Lipinski definition) is 0. The number of carbonyl (C=O) groups excluding carboxylic acids is 1. The highest BCUT2D eigenvalue weighted by Gasteiger charge is 2.25. The Morgan fingerprint density at radius 2 is 1.67 bits per heavy atom. The van der Waals surface area contributed by atoms with Crippen LogP contribution in [0.4, 0.5) is 5.69 Å². The molecule has 0 atom stereocenters. The van der Waals surface area contributed by atoms with Crippen LogP contribution < -0.4 is 9.64 Å². The van der Waals surface area contributed by atoms with Crippen molar-refractivity contribution in [1.29, 1.82) is 0 Å². The normalized spacial score (nSPS) is 13.7. The molecule has 1 saturated heterocycles. The number of halogens is 1. The summed E-state index contributed by atoms with van der Waals surface area (Å²) in [7, 11) is 0. The third kappa shape index (κ3) is 4.60. The summed E-state index contributed by atoms with van der Waals surface area (Å²) < 4.78 is 7.36. The number of piperazine rings is 1. The standard InChI is InChI=1S/C23H26N4O2.ClH/c1-3-29-21-11-7-10-20(17-21)25-12-14-26(15-13-25)23(28)22-16-18(2)24-27(22)19-8-5-4-6-9-19;/h4-11,16-17H,3,12-15H2,1-2H3;1H. The molecule has 1 aromatic heterocycles. The quantitative estimate of drug-likeness (QED) is 0.619. The van der Waals surface area contributed by atoms with Crippen LogP contribution in [-0.2, 0) is 0 Å². The Morgan fingerprint density at radius 3 is 2.37 bits per heavy atom. The van der Waals surface area contributed by atoms with Crippen LogP contribution in [0.2, 0.25) is 0 Å². The van der Waals surface area contributed by atoms with Gasteiger partial charge in [0.2, 0.25) is 0 Å². The van der Waals surface area contributed by atoms with Crippen molar-refractivity contribution in [2.24, 2.45) is 0 Å². The number of ether oxygens (including phenoxy) is 1. The van der Waals surface area contributed by atoms with Crippen LogP contribution >= 0.6 is 12.4 Å². The van der Waals surface area contributed by atoms with E-state index in [-0.39, 0.29) is 18.3 Å². The van der Waals surface area contributed by atoms with E-state index >= 15 is 0 Å². The van der Waals surface area contributed by atoms with E-state index in [4.69, 9.17) is 4.74 Å². The van der Waals surface area contributed by atoms with Gasteiger partial charge >= 0.3 is 0 Å². The van der Waals surface area contributed by atoms with Gasteiger partial charge in [-0.25, -0.2) is 4.68 Å². The number of aromatic nitrogens is 2. The zero-order chi connectivity index (χ0) is 20.2. The smallest absolute Gasteiger partial charge is 0.272 e. The maximum absolute atomic E-state index is 13.2. The summed E-state index contributed by atoms with van der Waals surface area (Å²) in [5.74, 6) is 0.905. The molecular formula is C23H27ClN4O2. The number of amides is 1. The highest BCUT2D eigenvalue weighted by molar-refractivity contribution is 5.93. The zero-order valence-electron chi connectivity index (χ0n) is 17.3. The fourth-order valence-electron chi connectivity index (χ4n) is 3.68. The first kappa shape index (κ1) is 21.7. The molecule has 0 saturated carbocycles. The van der Waals surface area contributed by atoms with Crippen LogP contribution in [0.3, 0.4) is 0 Å². The van der Waals surface area contributed by atoms with Crippen molar-refractivity contribution in [2.45, 2.75) is 13.8 Å². The summed E-state index contributed by atoms with van der Waals surface area (Å²) >= 11 is 0. The Balaban J connectivity index is 0.00000256. The van der Waals surface area contributed by atoms with Crippen LogP contribution in [0, 0.1) is 6.92 Å². The molecule has 0 aliphatic carbocycles. The third-order valence-corrected chi connectivity index (χ3v) is 5.11. The van der Waals surface area contributed by atoms with Crippen LogP contribution in [-0.4, -0.2) is 53.4 Å². The molecule has 7 heteroatoms. The van der Waals surface area contributed by atoms with Crippen LogP contribution in [0.15, 0.2) is 60.7 Å². The first-order valence-corrected chi connectivity index (χ1v) is 10.0. The van der Waals surface area contributed by atoms with Gasteiger partial charge in [0.1, 0.15) is 11.4 Å². The number of hydrogen-bond acceptors (Lipinski definition) is 4. The fourth-order valence-corrected chi connectivity index (χ4v) is 3.68. The van der Waals surface area contributed by atoms with Gasteiger partial charge < -0.3 is 14.5 Å². The van der Waals surface area contributed by atoms with E-state index in [2.05, 4.69) is 22.1 Å². The highest BCUT2D eigenvalue weighted by atomic mass is 35.5. The summed E-state index contributed by atoms with van der Waals surface area (Å²) in [6.45, 7) is 7.49. The van der Waals surface area contributed by atoms with Gasteiger partial charge in [0.25, 0.3) is 5.91 Å². The molecule has 3 aromatic rings. The van der Waals surface area contributed by atoms with E-state index in [1.54, 1.807) is 4.68 Å². The number of anilines is 1.